The van der Waals surface area contributed by atoms with Gasteiger partial charge in [0, 0.05) is 6.61 Å². The van der Waals surface area contributed by atoms with Crippen molar-refractivity contribution in [1.29, 1.82) is 0 Å². The lowest BCUT2D eigenvalue weighted by Crippen LogP contribution is -2.02. The maximum Gasteiger partial charge on any atom is 0.468 e. The molecule has 0 atom stereocenters. The fraction of sp³-hybridized carbons (Fsp3) is 0.882. The fourth-order valence-electron chi connectivity index (χ4n) is 2.10. The van der Waals surface area contributed by atoms with Crippen LogP contribution in [0.15, 0.2) is 12.2 Å². The van der Waals surface area contributed by atoms with Gasteiger partial charge in [-0.05, 0) is 12.8 Å². The second-order valence-corrected chi connectivity index (χ2v) is 8.96. The summed E-state index contributed by atoms with van der Waals surface area (Å²) >= 11 is 3.62. The van der Waals surface area contributed by atoms with E-state index in [2.05, 4.69) is 32.0 Å². The lowest BCUT2D eigenvalue weighted by molar-refractivity contribution is -0.0531. The molecular weight excluding hydrogens is 340 g/mol. The Kier molecular flexibility index (Phi) is 21.8. The van der Waals surface area contributed by atoms with Crippen LogP contribution in [0.5, 0.6) is 0 Å². The predicted octanol–water partition coefficient (Wildman–Crippen LogP) is 5.89. The van der Waals surface area contributed by atoms with Gasteiger partial charge in [0.1, 0.15) is 6.79 Å². The van der Waals surface area contributed by atoms with Crippen LogP contribution >= 0.6 is 12.9 Å². The van der Waals surface area contributed by atoms with Crippen molar-refractivity contribution in [2.45, 2.75) is 75.7 Å². The molecule has 21 heavy (non-hydrogen) atoms. The molecule has 2 nitrogen and oxygen atoms in total. The number of ether oxygens (including phenoxy) is 2. The van der Waals surface area contributed by atoms with E-state index in [1.807, 2.05) is 0 Å². The molecule has 0 radical (unpaired) electrons. The quantitative estimate of drug-likeness (QED) is 0.137. The average Bonchev–Trinajstić information content (AvgIpc) is 2.50. The van der Waals surface area contributed by atoms with Crippen LogP contribution in [0.3, 0.4) is 0 Å². The van der Waals surface area contributed by atoms with Crippen LogP contribution in [0.25, 0.3) is 0 Å². The van der Waals surface area contributed by atoms with Gasteiger partial charge in [-0.2, -0.15) is 0 Å². The number of unbranched alkanes of at least 4 members (excludes halogenated alkanes) is 7. The second kappa shape index (κ2) is 20.9. The average molecular weight is 374 g/mol. The molecular formula is C17H33BrMgO2. The highest BCUT2D eigenvalue weighted by Crippen LogP contribution is 2.08. The Morgan fingerprint density at radius 1 is 0.810 bits per heavy atom. The molecule has 0 fully saturated rings. The maximum absolute atomic E-state index is 5.48. The van der Waals surface area contributed by atoms with Crippen molar-refractivity contribution in [1.82, 2.24) is 0 Å². The van der Waals surface area contributed by atoms with E-state index in [0.29, 0.717) is 6.79 Å². The van der Waals surface area contributed by atoms with Crippen LogP contribution in [0.1, 0.15) is 71.1 Å². The summed E-state index contributed by atoms with van der Waals surface area (Å²) in [5.41, 5.74) is 0. The molecule has 0 spiro atoms. The number of halogens is 1. The summed E-state index contributed by atoms with van der Waals surface area (Å²) < 4.78 is 12.3. The first-order valence-electron chi connectivity index (χ1n) is 8.78. The highest BCUT2D eigenvalue weighted by atomic mass is 79.9. The van der Waals surface area contributed by atoms with Crippen molar-refractivity contribution in [3.8, 4) is 0 Å². The molecule has 0 unspecified atom stereocenters. The summed E-state index contributed by atoms with van der Waals surface area (Å²) in [6.07, 6.45) is 17.5. The van der Waals surface area contributed by atoms with Crippen molar-refractivity contribution in [3.05, 3.63) is 12.2 Å². The molecule has 0 N–H and O–H groups in total. The van der Waals surface area contributed by atoms with E-state index >= 15 is 0 Å². The highest BCUT2D eigenvalue weighted by molar-refractivity contribution is 9.23. The Labute approximate surface area is 148 Å². The van der Waals surface area contributed by atoms with Crippen molar-refractivity contribution in [2.75, 3.05) is 20.0 Å². The maximum atomic E-state index is 5.48. The van der Waals surface area contributed by atoms with Gasteiger partial charge < -0.3 is 22.4 Å². The third-order valence-corrected chi connectivity index (χ3v) is 5.77. The molecule has 0 aromatic rings. The Balaban J connectivity index is 2.98. The standard InChI is InChI=1S/C17H33O2.BrH.Mg/c1-3-5-7-9-10-11-12-14-16-19-17-18-15-13-8-6-4-2;;/h6,8H,2-5,7,9-17H2,1H3;1H;/q;;+1/p-1/b8-6+;;. The summed E-state index contributed by atoms with van der Waals surface area (Å²) in [6.45, 7) is 4.35. The lowest BCUT2D eigenvalue weighted by Gasteiger charge is -2.05. The third kappa shape index (κ3) is 20.9. The second-order valence-electron chi connectivity index (χ2n) is 5.50. The summed E-state index contributed by atoms with van der Waals surface area (Å²) in [4.78, 5) is 0. The summed E-state index contributed by atoms with van der Waals surface area (Å²) in [5.74, 6) is 0. The largest absolute Gasteiger partial charge is 0.468 e. The molecule has 0 aliphatic carbocycles. The fourth-order valence-corrected chi connectivity index (χ4v) is 3.46. The first kappa shape index (κ1) is 21.9. The van der Waals surface area contributed by atoms with Gasteiger partial charge in [0.2, 0.25) is 0 Å². The SMILES string of the molecule is CCCCCCCCCCOCOCC/C=C/C[CH2][Mg][Br]. The molecule has 0 saturated carbocycles. The molecule has 0 aliphatic heterocycles. The minimum atomic E-state index is 0.0581. The smallest absolute Gasteiger partial charge is 0.355 e. The summed E-state index contributed by atoms with van der Waals surface area (Å²) in [7, 11) is 0. The zero-order valence-corrected chi connectivity index (χ0v) is 17.0. The van der Waals surface area contributed by atoms with Gasteiger partial charge in [-0.25, -0.2) is 0 Å². The molecule has 122 valence electrons. The number of hydrogen-bond acceptors (Lipinski definition) is 2. The summed E-state index contributed by atoms with van der Waals surface area (Å²) in [6, 6.07) is 0. The third-order valence-electron chi connectivity index (χ3n) is 3.41. The number of hydrogen-bond donors (Lipinski definition) is 0. The minimum Gasteiger partial charge on any atom is -0.355 e. The molecule has 0 aliphatic rings. The Morgan fingerprint density at radius 2 is 1.43 bits per heavy atom. The van der Waals surface area contributed by atoms with Gasteiger partial charge in [0.05, 0.1) is 6.61 Å². The van der Waals surface area contributed by atoms with Gasteiger partial charge >= 0.3 is 18.2 Å². The van der Waals surface area contributed by atoms with Gasteiger partial charge in [-0.1, -0.05) is 70.4 Å². The van der Waals surface area contributed by atoms with Gasteiger partial charge in [0.25, 0.3) is 0 Å². The van der Waals surface area contributed by atoms with E-state index in [1.54, 1.807) is 0 Å². The van der Waals surface area contributed by atoms with Crippen LogP contribution in [-0.4, -0.2) is 38.2 Å². The molecule has 0 amide bonds. The van der Waals surface area contributed by atoms with E-state index in [9.17, 15) is 0 Å². The minimum absolute atomic E-state index is 0.0581. The van der Waals surface area contributed by atoms with Crippen molar-refractivity contribution in [3.63, 3.8) is 0 Å². The summed E-state index contributed by atoms with van der Waals surface area (Å²) in [5, 5.41) is 0. The Hall–Kier alpha value is 0.906. The van der Waals surface area contributed by atoms with Crippen LogP contribution in [0.2, 0.25) is 4.55 Å². The van der Waals surface area contributed by atoms with E-state index in [4.69, 9.17) is 9.47 Å². The normalized spacial score (nSPS) is 11.1. The zero-order chi connectivity index (χ0) is 15.4. The molecule has 0 saturated heterocycles. The molecule has 0 rings (SSSR count). The first-order valence-corrected chi connectivity index (χ1v) is 13.7. The highest BCUT2D eigenvalue weighted by Gasteiger charge is 1.92. The monoisotopic (exact) mass is 372 g/mol. The Morgan fingerprint density at radius 3 is 2.14 bits per heavy atom. The van der Waals surface area contributed by atoms with Crippen LogP contribution in [-0.2, 0) is 9.47 Å². The van der Waals surface area contributed by atoms with Gasteiger partial charge in [0.15, 0.2) is 0 Å². The molecule has 0 bridgehead atoms. The van der Waals surface area contributed by atoms with E-state index in [-0.39, 0.29) is 18.2 Å². The van der Waals surface area contributed by atoms with Crippen molar-refractivity contribution >= 4 is 31.1 Å². The number of allylic oxidation sites excluding steroid dienone is 1. The topological polar surface area (TPSA) is 18.5 Å². The number of rotatable bonds is 17. The molecule has 0 heterocycles. The molecule has 0 aromatic heterocycles. The van der Waals surface area contributed by atoms with Crippen molar-refractivity contribution in [2.24, 2.45) is 0 Å². The predicted molar refractivity (Wildman–Crippen MR) is 97.2 cm³/mol. The van der Waals surface area contributed by atoms with Gasteiger partial charge in [-0.15, -0.1) is 4.55 Å². The lowest BCUT2D eigenvalue weighted by atomic mass is 10.1. The molecule has 4 heteroatoms. The van der Waals surface area contributed by atoms with E-state index in [0.717, 1.165) is 19.6 Å². The molecule has 0 aromatic carbocycles. The Bertz CT molecular complexity index is 213. The van der Waals surface area contributed by atoms with Gasteiger partial charge in [-0.3, -0.25) is 0 Å². The zero-order valence-electron chi connectivity index (χ0n) is 14.0. The van der Waals surface area contributed by atoms with Crippen LogP contribution in [0.4, 0.5) is 0 Å². The first-order chi connectivity index (χ1) is 10.4. The van der Waals surface area contributed by atoms with E-state index < -0.39 is 0 Å². The van der Waals surface area contributed by atoms with Crippen LogP contribution in [0, 0.1) is 0 Å². The van der Waals surface area contributed by atoms with Crippen molar-refractivity contribution < 1.29 is 9.47 Å². The van der Waals surface area contributed by atoms with E-state index in [1.165, 1.54) is 62.3 Å². The van der Waals surface area contributed by atoms with Crippen LogP contribution < -0.4 is 0 Å².